The highest BCUT2D eigenvalue weighted by atomic mass is 79.9. The number of carbonyl (C=O) groups is 2. The lowest BCUT2D eigenvalue weighted by molar-refractivity contribution is -0.139. The molecule has 2 amide bonds. The van der Waals surface area contributed by atoms with E-state index in [1.54, 1.807) is 43.3 Å². The molecule has 0 radical (unpaired) electrons. The lowest BCUT2D eigenvalue weighted by atomic mass is 10.1. The largest absolute Gasteiger partial charge is 0.497 e. The Hall–Kier alpha value is -3.37. The van der Waals surface area contributed by atoms with E-state index in [1.165, 1.54) is 24.1 Å². The van der Waals surface area contributed by atoms with Crippen LogP contribution >= 0.6 is 15.9 Å². The van der Waals surface area contributed by atoms with E-state index in [4.69, 9.17) is 4.74 Å². The van der Waals surface area contributed by atoms with Crippen LogP contribution in [0.5, 0.6) is 5.75 Å². The molecular weight excluding hydrogens is 582 g/mol. The highest BCUT2D eigenvalue weighted by molar-refractivity contribution is 9.10. The van der Waals surface area contributed by atoms with Crippen molar-refractivity contribution in [1.82, 2.24) is 10.2 Å². The van der Waals surface area contributed by atoms with Gasteiger partial charge in [-0.1, -0.05) is 45.8 Å². The first-order valence-corrected chi connectivity index (χ1v) is 14.7. The maximum Gasteiger partial charge on any atom is 0.264 e. The molecule has 1 atom stereocenters. The second kappa shape index (κ2) is 13.1. The Morgan fingerprint density at radius 3 is 2.05 bits per heavy atom. The number of nitrogens with zero attached hydrogens (tertiary/aromatic N) is 2. The summed E-state index contributed by atoms with van der Waals surface area (Å²) in [5, 5.41) is 2.85. The molecule has 39 heavy (non-hydrogen) atoms. The van der Waals surface area contributed by atoms with E-state index in [1.807, 2.05) is 45.0 Å². The Labute approximate surface area is 239 Å². The number of sulfonamides is 1. The van der Waals surface area contributed by atoms with Gasteiger partial charge in [0.1, 0.15) is 18.3 Å². The maximum atomic E-state index is 13.9. The van der Waals surface area contributed by atoms with Crippen LogP contribution in [0.25, 0.3) is 0 Å². The average molecular weight is 617 g/mol. The van der Waals surface area contributed by atoms with E-state index in [0.29, 0.717) is 11.4 Å². The van der Waals surface area contributed by atoms with Crippen molar-refractivity contribution >= 4 is 43.5 Å². The van der Waals surface area contributed by atoms with Crippen LogP contribution in [0.2, 0.25) is 0 Å². The second-order valence-electron chi connectivity index (χ2n) is 9.51. The minimum Gasteiger partial charge on any atom is -0.497 e. The average Bonchev–Trinajstić information content (AvgIpc) is 2.90. The van der Waals surface area contributed by atoms with Crippen LogP contribution in [0, 0.1) is 6.92 Å². The summed E-state index contributed by atoms with van der Waals surface area (Å²) in [6.45, 7) is 6.81. The molecule has 0 aliphatic heterocycles. The first kappa shape index (κ1) is 30.2. The smallest absolute Gasteiger partial charge is 0.264 e. The van der Waals surface area contributed by atoms with E-state index >= 15 is 0 Å². The van der Waals surface area contributed by atoms with Gasteiger partial charge in [0, 0.05) is 17.1 Å². The highest BCUT2D eigenvalue weighted by Gasteiger charge is 2.32. The van der Waals surface area contributed by atoms with Crippen molar-refractivity contribution in [2.75, 3.05) is 18.0 Å². The highest BCUT2D eigenvalue weighted by Crippen LogP contribution is 2.27. The Bertz CT molecular complexity index is 1380. The number of carbonyl (C=O) groups excluding carboxylic acids is 2. The molecule has 3 aromatic carbocycles. The Kier molecular flexibility index (Phi) is 10.2. The molecule has 0 fully saturated rings. The van der Waals surface area contributed by atoms with Gasteiger partial charge in [-0.05, 0) is 81.8 Å². The Morgan fingerprint density at radius 2 is 1.51 bits per heavy atom. The van der Waals surface area contributed by atoms with Gasteiger partial charge < -0.3 is 15.0 Å². The third-order valence-electron chi connectivity index (χ3n) is 6.11. The molecule has 0 saturated heterocycles. The van der Waals surface area contributed by atoms with Crippen LogP contribution in [0.15, 0.2) is 82.2 Å². The molecule has 0 aliphatic carbocycles. The number of anilines is 1. The third kappa shape index (κ3) is 7.83. The fourth-order valence-corrected chi connectivity index (χ4v) is 5.57. The second-order valence-corrected chi connectivity index (χ2v) is 12.3. The van der Waals surface area contributed by atoms with Crippen LogP contribution in [-0.2, 0) is 26.2 Å². The van der Waals surface area contributed by atoms with Gasteiger partial charge in [0.25, 0.3) is 10.0 Å². The first-order valence-electron chi connectivity index (χ1n) is 12.5. The van der Waals surface area contributed by atoms with Crippen molar-refractivity contribution in [2.24, 2.45) is 0 Å². The van der Waals surface area contributed by atoms with E-state index < -0.39 is 28.5 Å². The van der Waals surface area contributed by atoms with Crippen molar-refractivity contribution in [3.63, 3.8) is 0 Å². The summed E-state index contributed by atoms with van der Waals surface area (Å²) in [7, 11) is -2.61. The summed E-state index contributed by atoms with van der Waals surface area (Å²) in [5.74, 6) is -0.294. The fraction of sp³-hybridized carbons (Fsp3) is 0.310. The maximum absolute atomic E-state index is 13.9. The Morgan fingerprint density at radius 1 is 0.923 bits per heavy atom. The van der Waals surface area contributed by atoms with Gasteiger partial charge in [0.05, 0.1) is 17.7 Å². The molecule has 0 bridgehead atoms. The van der Waals surface area contributed by atoms with Gasteiger partial charge in [0.2, 0.25) is 11.8 Å². The van der Waals surface area contributed by atoms with Gasteiger partial charge in [-0.2, -0.15) is 0 Å². The summed E-state index contributed by atoms with van der Waals surface area (Å²) in [4.78, 5) is 28.3. The minimum atomic E-state index is -4.12. The van der Waals surface area contributed by atoms with Crippen molar-refractivity contribution < 1.29 is 22.7 Å². The molecule has 3 aromatic rings. The number of amides is 2. The van der Waals surface area contributed by atoms with E-state index in [0.717, 1.165) is 19.9 Å². The van der Waals surface area contributed by atoms with E-state index in [-0.39, 0.29) is 23.4 Å². The first-order chi connectivity index (χ1) is 18.4. The van der Waals surface area contributed by atoms with Crippen LogP contribution in [-0.4, -0.2) is 50.9 Å². The van der Waals surface area contributed by atoms with Crippen molar-refractivity contribution in [2.45, 2.75) is 51.2 Å². The van der Waals surface area contributed by atoms with Crippen molar-refractivity contribution in [1.29, 1.82) is 0 Å². The SMILES string of the molecule is COc1ccc(N(CC(=O)N(Cc2ccc(Br)cc2)C(C)C(=O)NC(C)C)S(=O)(=O)c2ccc(C)cc2)cc1. The summed E-state index contributed by atoms with van der Waals surface area (Å²) < 4.78 is 34.9. The van der Waals surface area contributed by atoms with Gasteiger partial charge in [0.15, 0.2) is 0 Å². The van der Waals surface area contributed by atoms with Crippen LogP contribution < -0.4 is 14.4 Å². The molecule has 0 aliphatic rings. The molecule has 0 heterocycles. The monoisotopic (exact) mass is 615 g/mol. The molecule has 0 saturated carbocycles. The quantitative estimate of drug-likeness (QED) is 0.331. The zero-order chi connectivity index (χ0) is 28.7. The predicted octanol–water partition coefficient (Wildman–Crippen LogP) is 4.90. The summed E-state index contributed by atoms with van der Waals surface area (Å²) in [6.07, 6.45) is 0. The molecule has 10 heteroatoms. The molecule has 1 N–H and O–H groups in total. The number of halogens is 1. The number of ether oxygens (including phenoxy) is 1. The summed E-state index contributed by atoms with van der Waals surface area (Å²) >= 11 is 3.41. The number of methoxy groups -OCH3 is 1. The number of rotatable bonds is 11. The van der Waals surface area contributed by atoms with E-state index in [2.05, 4.69) is 21.2 Å². The number of nitrogens with one attached hydrogen (secondary N) is 1. The molecule has 1 unspecified atom stereocenters. The standard InChI is InChI=1S/C29H34BrN3O5S/c1-20(2)31-29(35)22(4)32(18-23-8-10-24(30)11-9-23)28(34)19-33(25-12-14-26(38-5)15-13-25)39(36,37)27-16-6-21(3)7-17-27/h6-17,20,22H,18-19H2,1-5H3,(H,31,35). The fourth-order valence-electron chi connectivity index (χ4n) is 3.89. The number of hydrogen-bond donors (Lipinski definition) is 1. The number of aryl methyl sites for hydroxylation is 1. The van der Waals surface area contributed by atoms with Crippen LogP contribution in [0.3, 0.4) is 0 Å². The number of benzene rings is 3. The molecule has 208 valence electrons. The molecule has 0 aromatic heterocycles. The zero-order valence-corrected chi connectivity index (χ0v) is 25.1. The van der Waals surface area contributed by atoms with Gasteiger partial charge in [-0.25, -0.2) is 8.42 Å². The summed E-state index contributed by atoms with van der Waals surface area (Å²) in [6, 6.07) is 19.3. The van der Waals surface area contributed by atoms with Gasteiger partial charge >= 0.3 is 0 Å². The topological polar surface area (TPSA) is 96.0 Å². The normalized spacial score (nSPS) is 12.1. The van der Waals surface area contributed by atoms with Gasteiger partial charge in [-0.3, -0.25) is 13.9 Å². The molecule has 8 nitrogen and oxygen atoms in total. The molecule has 3 rings (SSSR count). The van der Waals surface area contributed by atoms with Crippen LogP contribution in [0.1, 0.15) is 31.9 Å². The molecule has 0 spiro atoms. The minimum absolute atomic E-state index is 0.0572. The van der Waals surface area contributed by atoms with E-state index in [9.17, 15) is 18.0 Å². The van der Waals surface area contributed by atoms with Crippen molar-refractivity contribution in [3.8, 4) is 5.75 Å². The molecular formula is C29H34BrN3O5S. The Balaban J connectivity index is 2.03. The lowest BCUT2D eigenvalue weighted by Gasteiger charge is -2.32. The van der Waals surface area contributed by atoms with Crippen molar-refractivity contribution in [3.05, 3.63) is 88.4 Å². The lowest BCUT2D eigenvalue weighted by Crippen LogP contribution is -2.52. The number of hydrogen-bond acceptors (Lipinski definition) is 5. The third-order valence-corrected chi connectivity index (χ3v) is 8.43. The van der Waals surface area contributed by atoms with Crippen LogP contribution in [0.4, 0.5) is 5.69 Å². The van der Waals surface area contributed by atoms with Gasteiger partial charge in [-0.15, -0.1) is 0 Å². The predicted molar refractivity (Wildman–Crippen MR) is 156 cm³/mol. The zero-order valence-electron chi connectivity index (χ0n) is 22.7. The summed E-state index contributed by atoms with van der Waals surface area (Å²) in [5.41, 5.74) is 2.01.